The summed E-state index contributed by atoms with van der Waals surface area (Å²) in [7, 11) is 0. The van der Waals surface area contributed by atoms with Gasteiger partial charge >= 0.3 is 12.1 Å². The molecule has 1 aliphatic rings. The summed E-state index contributed by atoms with van der Waals surface area (Å²) >= 11 is 0. The van der Waals surface area contributed by atoms with Crippen molar-refractivity contribution in [2.75, 3.05) is 13.1 Å². The number of carbonyl (C=O) groups is 4. The van der Waals surface area contributed by atoms with Crippen molar-refractivity contribution in [1.82, 2.24) is 10.2 Å². The smallest absolute Gasteiger partial charge is 0.407 e. The molecule has 162 valence electrons. The number of hydrogen-bond donors (Lipinski definition) is 2. The lowest BCUT2D eigenvalue weighted by Crippen LogP contribution is -2.45. The Kier molecular flexibility index (Phi) is 7.57. The quantitative estimate of drug-likeness (QED) is 0.536. The summed E-state index contributed by atoms with van der Waals surface area (Å²) < 4.78 is 10.2. The predicted octanol–water partition coefficient (Wildman–Crippen LogP) is 2.22. The Morgan fingerprint density at radius 3 is 2.47 bits per heavy atom. The number of rotatable bonds is 6. The van der Waals surface area contributed by atoms with Crippen molar-refractivity contribution >= 4 is 23.9 Å². The van der Waals surface area contributed by atoms with Crippen molar-refractivity contribution in [3.8, 4) is 0 Å². The summed E-state index contributed by atoms with van der Waals surface area (Å²) in [6.07, 6.45) is -0.895. The van der Waals surface area contributed by atoms with Crippen LogP contribution in [-0.4, -0.2) is 52.6 Å². The fourth-order valence-corrected chi connectivity index (χ4v) is 2.66. The SMILES string of the molecule is CC(C)(C)OC(=O)NCCC(=O)N1CCC(O)=C(C(=O)OCc2ccccc2)C1=O. The van der Waals surface area contributed by atoms with Crippen LogP contribution in [-0.2, 0) is 30.5 Å². The Morgan fingerprint density at radius 1 is 1.17 bits per heavy atom. The molecule has 0 saturated heterocycles. The molecule has 0 fully saturated rings. The molecule has 1 aromatic rings. The third-order valence-electron chi connectivity index (χ3n) is 4.04. The first-order valence-corrected chi connectivity index (χ1v) is 9.53. The van der Waals surface area contributed by atoms with Crippen LogP contribution in [0.15, 0.2) is 41.7 Å². The van der Waals surface area contributed by atoms with E-state index in [0.717, 1.165) is 10.5 Å². The van der Waals surface area contributed by atoms with Crippen LogP contribution in [0.2, 0.25) is 0 Å². The number of alkyl carbamates (subject to hydrolysis) is 1. The highest BCUT2D eigenvalue weighted by molar-refractivity contribution is 6.20. The van der Waals surface area contributed by atoms with E-state index in [4.69, 9.17) is 9.47 Å². The highest BCUT2D eigenvalue weighted by Crippen LogP contribution is 2.20. The summed E-state index contributed by atoms with van der Waals surface area (Å²) in [6, 6.07) is 8.86. The zero-order chi connectivity index (χ0) is 22.3. The average Bonchev–Trinajstić information content (AvgIpc) is 2.65. The molecule has 0 spiro atoms. The maximum absolute atomic E-state index is 12.6. The van der Waals surface area contributed by atoms with E-state index in [2.05, 4.69) is 5.32 Å². The van der Waals surface area contributed by atoms with Gasteiger partial charge in [0.25, 0.3) is 5.91 Å². The Balaban J connectivity index is 1.91. The molecule has 0 saturated carbocycles. The number of aliphatic hydroxyl groups excluding tert-OH is 1. The number of nitrogens with zero attached hydrogens (tertiary/aromatic N) is 1. The van der Waals surface area contributed by atoms with E-state index in [0.29, 0.717) is 0 Å². The monoisotopic (exact) mass is 418 g/mol. The van der Waals surface area contributed by atoms with Crippen LogP contribution in [0.4, 0.5) is 4.79 Å². The van der Waals surface area contributed by atoms with Gasteiger partial charge in [-0.2, -0.15) is 0 Å². The molecule has 0 radical (unpaired) electrons. The van der Waals surface area contributed by atoms with Gasteiger partial charge in [0, 0.05) is 25.9 Å². The number of aliphatic hydroxyl groups is 1. The lowest BCUT2D eigenvalue weighted by Gasteiger charge is -2.26. The molecule has 9 heteroatoms. The van der Waals surface area contributed by atoms with Crippen molar-refractivity contribution in [3.63, 3.8) is 0 Å². The average molecular weight is 418 g/mol. The number of carbonyl (C=O) groups excluding carboxylic acids is 4. The van der Waals surface area contributed by atoms with Crippen LogP contribution in [0.25, 0.3) is 0 Å². The molecule has 2 N–H and O–H groups in total. The number of esters is 1. The second kappa shape index (κ2) is 9.91. The maximum atomic E-state index is 12.6. The fraction of sp³-hybridized carbons (Fsp3) is 0.429. The minimum Gasteiger partial charge on any atom is -0.511 e. The fourth-order valence-electron chi connectivity index (χ4n) is 2.66. The number of hydrogen-bond acceptors (Lipinski definition) is 7. The van der Waals surface area contributed by atoms with Crippen LogP contribution in [0.5, 0.6) is 0 Å². The number of ether oxygens (including phenoxy) is 2. The van der Waals surface area contributed by atoms with Crippen LogP contribution in [0, 0.1) is 0 Å². The highest BCUT2D eigenvalue weighted by Gasteiger charge is 2.36. The van der Waals surface area contributed by atoms with Crippen LogP contribution < -0.4 is 5.32 Å². The standard InChI is InChI=1S/C21H26N2O7/c1-21(2,3)30-20(28)22-11-9-16(25)23-12-10-15(24)17(18(23)26)19(27)29-13-14-7-5-4-6-8-14/h4-8,24H,9-13H2,1-3H3,(H,22,28). The lowest BCUT2D eigenvalue weighted by atomic mass is 10.1. The molecule has 0 atom stereocenters. The number of benzene rings is 1. The second-order valence-electron chi connectivity index (χ2n) is 7.66. The first-order valence-electron chi connectivity index (χ1n) is 9.53. The molecule has 30 heavy (non-hydrogen) atoms. The van der Waals surface area contributed by atoms with Crippen LogP contribution in [0.1, 0.15) is 39.2 Å². The normalized spacial score (nSPS) is 14.4. The van der Waals surface area contributed by atoms with E-state index in [9.17, 15) is 24.3 Å². The molecule has 2 rings (SSSR count). The van der Waals surface area contributed by atoms with Gasteiger partial charge in [0.05, 0.1) is 0 Å². The Labute approximate surface area is 174 Å². The molecule has 1 aliphatic heterocycles. The van der Waals surface area contributed by atoms with E-state index in [1.54, 1.807) is 45.0 Å². The van der Waals surface area contributed by atoms with E-state index in [1.165, 1.54) is 0 Å². The Hall–Kier alpha value is -3.36. The molecule has 1 heterocycles. The lowest BCUT2D eigenvalue weighted by molar-refractivity contribution is -0.148. The van der Waals surface area contributed by atoms with E-state index < -0.39 is 40.8 Å². The first kappa shape index (κ1) is 22.9. The van der Waals surface area contributed by atoms with E-state index in [1.807, 2.05) is 6.07 Å². The van der Waals surface area contributed by atoms with Gasteiger partial charge in [0.15, 0.2) is 5.57 Å². The largest absolute Gasteiger partial charge is 0.511 e. The third kappa shape index (κ3) is 6.61. The third-order valence-corrected chi connectivity index (χ3v) is 4.04. The molecule has 1 aromatic carbocycles. The van der Waals surface area contributed by atoms with Gasteiger partial charge in [-0.25, -0.2) is 9.59 Å². The van der Waals surface area contributed by atoms with Gasteiger partial charge in [-0.1, -0.05) is 30.3 Å². The van der Waals surface area contributed by atoms with Gasteiger partial charge in [-0.05, 0) is 26.3 Å². The van der Waals surface area contributed by atoms with Crippen LogP contribution in [0.3, 0.4) is 0 Å². The Bertz CT molecular complexity index is 841. The molecule has 0 aromatic heterocycles. The minimum atomic E-state index is -0.995. The van der Waals surface area contributed by atoms with Crippen molar-refractivity contribution in [2.24, 2.45) is 0 Å². The second-order valence-corrected chi connectivity index (χ2v) is 7.66. The van der Waals surface area contributed by atoms with Crippen LogP contribution >= 0.6 is 0 Å². The molecule has 0 bridgehead atoms. The maximum Gasteiger partial charge on any atom is 0.407 e. The summed E-state index contributed by atoms with van der Waals surface area (Å²) in [5.74, 6) is -2.91. The van der Waals surface area contributed by atoms with E-state index >= 15 is 0 Å². The highest BCUT2D eigenvalue weighted by atomic mass is 16.6. The summed E-state index contributed by atoms with van der Waals surface area (Å²) in [5, 5.41) is 12.4. The number of imide groups is 1. The number of amides is 3. The minimum absolute atomic E-state index is 0.0407. The van der Waals surface area contributed by atoms with Gasteiger partial charge in [0.1, 0.15) is 18.0 Å². The van der Waals surface area contributed by atoms with Crippen molar-refractivity contribution in [3.05, 3.63) is 47.2 Å². The molecular weight excluding hydrogens is 392 g/mol. The molecule has 0 aliphatic carbocycles. The van der Waals surface area contributed by atoms with Crippen molar-refractivity contribution < 1.29 is 33.8 Å². The molecule has 3 amide bonds. The van der Waals surface area contributed by atoms with Gasteiger partial charge in [-0.15, -0.1) is 0 Å². The molecule has 0 unspecified atom stereocenters. The first-order chi connectivity index (χ1) is 14.1. The summed E-state index contributed by atoms with van der Waals surface area (Å²) in [5.41, 5.74) is -0.505. The summed E-state index contributed by atoms with van der Waals surface area (Å²) in [4.78, 5) is 49.8. The Morgan fingerprint density at radius 2 is 1.83 bits per heavy atom. The van der Waals surface area contributed by atoms with Gasteiger partial charge in [-0.3, -0.25) is 14.5 Å². The topological polar surface area (TPSA) is 122 Å². The van der Waals surface area contributed by atoms with Crippen molar-refractivity contribution in [2.45, 2.75) is 45.8 Å². The van der Waals surface area contributed by atoms with E-state index in [-0.39, 0.29) is 32.5 Å². The zero-order valence-electron chi connectivity index (χ0n) is 17.3. The molecular formula is C21H26N2O7. The molecule has 9 nitrogen and oxygen atoms in total. The number of nitrogens with one attached hydrogen (secondary N) is 1. The summed E-state index contributed by atoms with van der Waals surface area (Å²) in [6.45, 7) is 4.95. The van der Waals surface area contributed by atoms with Crippen molar-refractivity contribution in [1.29, 1.82) is 0 Å². The van der Waals surface area contributed by atoms with Gasteiger partial charge < -0.3 is 19.9 Å². The zero-order valence-corrected chi connectivity index (χ0v) is 17.3. The predicted molar refractivity (Wildman–Crippen MR) is 106 cm³/mol. The van der Waals surface area contributed by atoms with Gasteiger partial charge in [0.2, 0.25) is 5.91 Å².